The Morgan fingerprint density at radius 3 is 2.52 bits per heavy atom. The van der Waals surface area contributed by atoms with Crippen LogP contribution in [-0.2, 0) is 11.3 Å². The molecule has 2 aromatic carbocycles. The molecule has 160 valence electrons. The van der Waals surface area contributed by atoms with Gasteiger partial charge in [0.1, 0.15) is 11.5 Å². The van der Waals surface area contributed by atoms with E-state index in [-0.39, 0.29) is 11.8 Å². The van der Waals surface area contributed by atoms with E-state index in [2.05, 4.69) is 20.2 Å². The summed E-state index contributed by atoms with van der Waals surface area (Å²) in [5, 5.41) is 3.05. The molecule has 31 heavy (non-hydrogen) atoms. The second-order valence-electron chi connectivity index (χ2n) is 7.39. The number of nitrogens with zero attached hydrogens (tertiary/aromatic N) is 3. The van der Waals surface area contributed by atoms with Gasteiger partial charge in [0.15, 0.2) is 5.82 Å². The molecule has 3 aromatic rings. The van der Waals surface area contributed by atoms with Gasteiger partial charge in [0.05, 0.1) is 7.11 Å². The molecule has 1 amide bonds. The van der Waals surface area contributed by atoms with Gasteiger partial charge in [-0.2, -0.15) is 0 Å². The van der Waals surface area contributed by atoms with Crippen LogP contribution in [0.5, 0.6) is 17.4 Å². The third-order valence-corrected chi connectivity index (χ3v) is 5.42. The summed E-state index contributed by atoms with van der Waals surface area (Å²) in [4.78, 5) is 23.7. The molecule has 4 rings (SSSR count). The van der Waals surface area contributed by atoms with Gasteiger partial charge in [0.2, 0.25) is 5.91 Å². The fourth-order valence-electron chi connectivity index (χ4n) is 3.74. The summed E-state index contributed by atoms with van der Waals surface area (Å²) in [5.74, 6) is 2.74. The molecule has 1 aromatic heterocycles. The van der Waals surface area contributed by atoms with Crippen LogP contribution in [0.1, 0.15) is 18.4 Å². The van der Waals surface area contributed by atoms with Crippen molar-refractivity contribution < 1.29 is 14.3 Å². The summed E-state index contributed by atoms with van der Waals surface area (Å²) in [6, 6.07) is 17.3. The Morgan fingerprint density at radius 1 is 1.03 bits per heavy atom. The largest absolute Gasteiger partial charge is 0.496 e. The first-order valence-corrected chi connectivity index (χ1v) is 10.4. The number of para-hydroxylation sites is 2. The molecule has 7 heteroatoms. The van der Waals surface area contributed by atoms with Crippen LogP contribution in [0.3, 0.4) is 0 Å². The number of rotatable bonds is 7. The molecule has 1 fully saturated rings. The van der Waals surface area contributed by atoms with Crippen molar-refractivity contribution in [1.82, 2.24) is 15.3 Å². The minimum atomic E-state index is -0.0267. The summed E-state index contributed by atoms with van der Waals surface area (Å²) in [6.45, 7) is 1.90. The van der Waals surface area contributed by atoms with Crippen molar-refractivity contribution in [2.24, 2.45) is 5.92 Å². The molecular weight excluding hydrogens is 392 g/mol. The fourth-order valence-corrected chi connectivity index (χ4v) is 3.74. The van der Waals surface area contributed by atoms with Crippen molar-refractivity contribution in [2.45, 2.75) is 19.4 Å². The summed E-state index contributed by atoms with van der Waals surface area (Å²) < 4.78 is 11.3. The predicted molar refractivity (Wildman–Crippen MR) is 118 cm³/mol. The zero-order valence-electron chi connectivity index (χ0n) is 17.5. The first-order chi connectivity index (χ1) is 15.2. The lowest BCUT2D eigenvalue weighted by molar-refractivity contribution is -0.125. The number of nitrogens with one attached hydrogen (secondary N) is 1. The van der Waals surface area contributed by atoms with Crippen LogP contribution in [0, 0.1) is 5.92 Å². The molecule has 0 spiro atoms. The molecule has 0 atom stereocenters. The van der Waals surface area contributed by atoms with E-state index in [4.69, 9.17) is 9.47 Å². The van der Waals surface area contributed by atoms with Gasteiger partial charge in [-0.05, 0) is 31.0 Å². The van der Waals surface area contributed by atoms with E-state index in [1.807, 2.05) is 54.6 Å². The zero-order chi connectivity index (χ0) is 21.5. The molecule has 2 heterocycles. The van der Waals surface area contributed by atoms with E-state index in [0.29, 0.717) is 18.2 Å². The summed E-state index contributed by atoms with van der Waals surface area (Å²) >= 11 is 0. The van der Waals surface area contributed by atoms with Crippen molar-refractivity contribution in [3.05, 3.63) is 72.6 Å². The highest BCUT2D eigenvalue weighted by Gasteiger charge is 2.27. The molecule has 0 saturated carbocycles. The molecule has 1 saturated heterocycles. The maximum atomic E-state index is 12.7. The van der Waals surface area contributed by atoms with Crippen LogP contribution < -0.4 is 19.7 Å². The second-order valence-corrected chi connectivity index (χ2v) is 7.39. The van der Waals surface area contributed by atoms with Crippen LogP contribution in [-0.4, -0.2) is 36.1 Å². The zero-order valence-corrected chi connectivity index (χ0v) is 17.5. The monoisotopic (exact) mass is 418 g/mol. The van der Waals surface area contributed by atoms with Crippen molar-refractivity contribution in [2.75, 3.05) is 25.1 Å². The number of piperidine rings is 1. The number of ether oxygens (including phenoxy) is 2. The van der Waals surface area contributed by atoms with E-state index in [1.54, 1.807) is 19.5 Å². The molecule has 0 unspecified atom stereocenters. The highest BCUT2D eigenvalue weighted by molar-refractivity contribution is 5.79. The molecule has 0 bridgehead atoms. The Hall–Kier alpha value is -3.61. The molecule has 7 nitrogen and oxygen atoms in total. The highest BCUT2D eigenvalue weighted by Crippen LogP contribution is 2.31. The molecule has 1 N–H and O–H groups in total. The third-order valence-electron chi connectivity index (χ3n) is 5.42. The van der Waals surface area contributed by atoms with Crippen LogP contribution in [0.2, 0.25) is 0 Å². The predicted octanol–water partition coefficient (Wildman–Crippen LogP) is 3.81. The minimum absolute atomic E-state index is 0.0267. The number of anilines is 1. The van der Waals surface area contributed by atoms with Crippen molar-refractivity contribution >= 4 is 11.7 Å². The minimum Gasteiger partial charge on any atom is -0.496 e. The Morgan fingerprint density at radius 2 is 1.74 bits per heavy atom. The first kappa shape index (κ1) is 20.7. The van der Waals surface area contributed by atoms with E-state index >= 15 is 0 Å². The second kappa shape index (κ2) is 9.93. The standard InChI is InChI=1S/C24H26N4O3/c1-30-21-10-6-5-7-19(21)17-27-23(29)18-11-15-28(16-12-18)22-24(26-14-13-25-22)31-20-8-3-2-4-9-20/h2-10,13-14,18H,11-12,15-17H2,1H3,(H,27,29). The summed E-state index contributed by atoms with van der Waals surface area (Å²) in [5.41, 5.74) is 0.970. The molecule has 0 radical (unpaired) electrons. The topological polar surface area (TPSA) is 76.6 Å². The van der Waals surface area contributed by atoms with Crippen molar-refractivity contribution in [3.8, 4) is 17.4 Å². The first-order valence-electron chi connectivity index (χ1n) is 10.4. The van der Waals surface area contributed by atoms with Gasteiger partial charge >= 0.3 is 0 Å². The summed E-state index contributed by atoms with van der Waals surface area (Å²) in [6.07, 6.45) is 4.79. The van der Waals surface area contributed by atoms with Crippen LogP contribution in [0.15, 0.2) is 67.0 Å². The number of carbonyl (C=O) groups is 1. The quantitative estimate of drug-likeness (QED) is 0.629. The maximum Gasteiger partial charge on any atom is 0.263 e. The summed E-state index contributed by atoms with van der Waals surface area (Å²) in [7, 11) is 1.64. The van der Waals surface area contributed by atoms with Crippen LogP contribution >= 0.6 is 0 Å². The van der Waals surface area contributed by atoms with E-state index in [1.165, 1.54) is 0 Å². The average Bonchev–Trinajstić information content (AvgIpc) is 2.84. The third kappa shape index (κ3) is 5.12. The molecule has 0 aliphatic carbocycles. The van der Waals surface area contributed by atoms with Gasteiger partial charge in [-0.15, -0.1) is 0 Å². The lowest BCUT2D eigenvalue weighted by Crippen LogP contribution is -2.40. The van der Waals surface area contributed by atoms with Gasteiger partial charge in [-0.25, -0.2) is 9.97 Å². The van der Waals surface area contributed by atoms with Gasteiger partial charge in [-0.3, -0.25) is 4.79 Å². The van der Waals surface area contributed by atoms with Gasteiger partial charge in [0, 0.05) is 43.5 Å². The maximum absolute atomic E-state index is 12.7. The van der Waals surface area contributed by atoms with Gasteiger partial charge in [0.25, 0.3) is 5.88 Å². The lowest BCUT2D eigenvalue weighted by atomic mass is 9.96. The fraction of sp³-hybridized carbons (Fsp3) is 0.292. The molecule has 1 aliphatic rings. The average molecular weight is 418 g/mol. The highest BCUT2D eigenvalue weighted by atomic mass is 16.5. The number of amides is 1. The Bertz CT molecular complexity index is 1000. The smallest absolute Gasteiger partial charge is 0.263 e. The molecule has 1 aliphatic heterocycles. The number of benzene rings is 2. The van der Waals surface area contributed by atoms with Gasteiger partial charge in [-0.1, -0.05) is 36.4 Å². The Labute approximate surface area is 182 Å². The van der Waals surface area contributed by atoms with Crippen LogP contribution in [0.25, 0.3) is 0 Å². The Kier molecular flexibility index (Phi) is 6.62. The normalized spacial score (nSPS) is 14.2. The number of aromatic nitrogens is 2. The van der Waals surface area contributed by atoms with Crippen LogP contribution in [0.4, 0.5) is 5.82 Å². The van der Waals surface area contributed by atoms with E-state index in [0.717, 1.165) is 43.0 Å². The van der Waals surface area contributed by atoms with Gasteiger partial charge < -0.3 is 19.7 Å². The van der Waals surface area contributed by atoms with E-state index in [9.17, 15) is 4.79 Å². The lowest BCUT2D eigenvalue weighted by Gasteiger charge is -2.32. The number of hydrogen-bond acceptors (Lipinski definition) is 6. The number of hydrogen-bond donors (Lipinski definition) is 1. The number of carbonyl (C=O) groups excluding carboxylic acids is 1. The SMILES string of the molecule is COc1ccccc1CNC(=O)C1CCN(c2nccnc2Oc2ccccc2)CC1. The van der Waals surface area contributed by atoms with E-state index < -0.39 is 0 Å². The molecular formula is C24H26N4O3. The Balaban J connectivity index is 1.34. The number of methoxy groups -OCH3 is 1. The van der Waals surface area contributed by atoms with Crippen molar-refractivity contribution in [3.63, 3.8) is 0 Å². The van der Waals surface area contributed by atoms with Crippen molar-refractivity contribution in [1.29, 1.82) is 0 Å².